The molecule has 1 unspecified atom stereocenters. The van der Waals surface area contributed by atoms with Gasteiger partial charge in [0, 0.05) is 18.9 Å². The zero-order chi connectivity index (χ0) is 7.56. The molecule has 0 amide bonds. The van der Waals surface area contributed by atoms with Crippen molar-refractivity contribution in [2.75, 3.05) is 0 Å². The maximum absolute atomic E-state index is 10.5. The summed E-state index contributed by atoms with van der Waals surface area (Å²) in [4.78, 5) is 3.70. The highest BCUT2D eigenvalue weighted by atomic mass is 32.2. The van der Waals surface area contributed by atoms with Gasteiger partial charge in [0.2, 0.25) is 16.2 Å². The minimum atomic E-state index is -1.96. The fourth-order valence-electron chi connectivity index (χ4n) is 0.702. The summed E-state index contributed by atoms with van der Waals surface area (Å²) in [6.45, 7) is 2.56. The van der Waals surface area contributed by atoms with Gasteiger partial charge in [-0.3, -0.25) is 4.55 Å². The van der Waals surface area contributed by atoms with E-state index in [1.807, 2.05) is 6.92 Å². The van der Waals surface area contributed by atoms with Crippen molar-refractivity contribution in [2.24, 2.45) is 0 Å². The predicted molar refractivity (Wildman–Crippen MR) is 36.9 cm³/mol. The van der Waals surface area contributed by atoms with E-state index in [9.17, 15) is 4.21 Å². The molecule has 1 heterocycles. The molecule has 1 rings (SSSR count). The van der Waals surface area contributed by atoms with E-state index in [0.717, 1.165) is 0 Å². The lowest BCUT2D eigenvalue weighted by Gasteiger charge is -1.97. The fourth-order valence-corrected chi connectivity index (χ4v) is 1.24. The van der Waals surface area contributed by atoms with Crippen LogP contribution in [-0.4, -0.2) is 18.3 Å². The van der Waals surface area contributed by atoms with Crippen LogP contribution >= 0.6 is 0 Å². The van der Waals surface area contributed by atoms with E-state index in [1.54, 1.807) is 10.8 Å². The number of imidazole rings is 1. The van der Waals surface area contributed by atoms with Crippen molar-refractivity contribution in [3.8, 4) is 0 Å². The van der Waals surface area contributed by atoms with Crippen LogP contribution in [0.25, 0.3) is 0 Å². The van der Waals surface area contributed by atoms with Crippen LogP contribution in [0.15, 0.2) is 17.6 Å². The van der Waals surface area contributed by atoms with Crippen LogP contribution in [-0.2, 0) is 17.6 Å². The zero-order valence-electron chi connectivity index (χ0n) is 5.52. The minimum Gasteiger partial charge on any atom is -0.322 e. The van der Waals surface area contributed by atoms with Crippen LogP contribution in [0.2, 0.25) is 0 Å². The van der Waals surface area contributed by atoms with Crippen LogP contribution < -0.4 is 0 Å². The fraction of sp³-hybridized carbons (Fsp3) is 0.400. The van der Waals surface area contributed by atoms with Crippen molar-refractivity contribution in [2.45, 2.75) is 18.6 Å². The SMILES string of the molecule is CCn1ccnc1S(=O)O. The van der Waals surface area contributed by atoms with E-state index >= 15 is 0 Å². The number of hydrogen-bond donors (Lipinski definition) is 1. The molecule has 0 aliphatic heterocycles. The molecular weight excluding hydrogens is 152 g/mol. The molecule has 4 nitrogen and oxygen atoms in total. The Labute approximate surface area is 61.2 Å². The first-order chi connectivity index (χ1) is 4.75. The van der Waals surface area contributed by atoms with Gasteiger partial charge in [0.25, 0.3) is 0 Å². The minimum absolute atomic E-state index is 0.211. The summed E-state index contributed by atoms with van der Waals surface area (Å²) < 4.78 is 20.7. The molecule has 56 valence electrons. The summed E-state index contributed by atoms with van der Waals surface area (Å²) >= 11 is -1.96. The summed E-state index contributed by atoms with van der Waals surface area (Å²) in [5.74, 6) is 0. The van der Waals surface area contributed by atoms with Crippen LogP contribution in [0.5, 0.6) is 0 Å². The maximum Gasteiger partial charge on any atom is 0.227 e. The van der Waals surface area contributed by atoms with Crippen molar-refractivity contribution in [3.63, 3.8) is 0 Å². The molecule has 0 saturated heterocycles. The molecule has 1 aromatic heterocycles. The molecule has 0 bridgehead atoms. The smallest absolute Gasteiger partial charge is 0.227 e. The van der Waals surface area contributed by atoms with Gasteiger partial charge in [-0.1, -0.05) is 0 Å². The van der Waals surface area contributed by atoms with Crippen molar-refractivity contribution < 1.29 is 8.76 Å². The largest absolute Gasteiger partial charge is 0.322 e. The summed E-state index contributed by atoms with van der Waals surface area (Å²) in [7, 11) is 0. The summed E-state index contributed by atoms with van der Waals surface area (Å²) in [5.41, 5.74) is 0. The molecular formula is C5H8N2O2S. The average molecular weight is 160 g/mol. The van der Waals surface area contributed by atoms with Gasteiger partial charge in [-0.05, 0) is 6.92 Å². The molecule has 0 aromatic carbocycles. The number of hydrogen-bond acceptors (Lipinski definition) is 2. The van der Waals surface area contributed by atoms with Gasteiger partial charge in [-0.15, -0.1) is 0 Å². The van der Waals surface area contributed by atoms with Gasteiger partial charge in [-0.2, -0.15) is 0 Å². The first kappa shape index (κ1) is 7.43. The molecule has 0 radical (unpaired) electrons. The Balaban J connectivity index is 3.01. The monoisotopic (exact) mass is 160 g/mol. The number of nitrogens with zero attached hydrogens (tertiary/aromatic N) is 2. The highest BCUT2D eigenvalue weighted by Crippen LogP contribution is 2.00. The Morgan fingerprint density at radius 1 is 1.90 bits per heavy atom. The Morgan fingerprint density at radius 2 is 2.60 bits per heavy atom. The van der Waals surface area contributed by atoms with Crippen LogP contribution in [0.3, 0.4) is 0 Å². The normalized spacial score (nSPS) is 13.4. The maximum atomic E-state index is 10.5. The molecule has 10 heavy (non-hydrogen) atoms. The van der Waals surface area contributed by atoms with Crippen molar-refractivity contribution >= 4 is 11.1 Å². The van der Waals surface area contributed by atoms with Crippen LogP contribution in [0, 0.1) is 0 Å². The van der Waals surface area contributed by atoms with Crippen molar-refractivity contribution in [3.05, 3.63) is 12.4 Å². The third kappa shape index (κ3) is 1.25. The highest BCUT2D eigenvalue weighted by Gasteiger charge is 2.05. The zero-order valence-corrected chi connectivity index (χ0v) is 6.34. The second-order valence-electron chi connectivity index (χ2n) is 1.74. The lowest BCUT2D eigenvalue weighted by atomic mass is 10.7. The van der Waals surface area contributed by atoms with Gasteiger partial charge >= 0.3 is 0 Å². The van der Waals surface area contributed by atoms with E-state index in [0.29, 0.717) is 6.54 Å². The molecule has 1 atom stereocenters. The standard InChI is InChI=1S/C5H8N2O2S/c1-2-7-4-3-6-5(7)10(8)9/h3-4H,2H2,1H3,(H,8,9). The number of aryl methyl sites for hydroxylation is 1. The van der Waals surface area contributed by atoms with Gasteiger partial charge in [-0.25, -0.2) is 9.19 Å². The topological polar surface area (TPSA) is 55.1 Å². The summed E-state index contributed by atoms with van der Waals surface area (Å²) in [6, 6.07) is 0. The second-order valence-corrected chi connectivity index (χ2v) is 2.61. The average Bonchev–Trinajstić information content (AvgIpc) is 2.33. The molecule has 0 spiro atoms. The molecule has 5 heteroatoms. The third-order valence-electron chi connectivity index (χ3n) is 1.17. The summed E-state index contributed by atoms with van der Waals surface area (Å²) in [5, 5.41) is 0.211. The van der Waals surface area contributed by atoms with Gasteiger partial charge in [0.05, 0.1) is 0 Å². The Kier molecular flexibility index (Phi) is 2.18. The van der Waals surface area contributed by atoms with Crippen molar-refractivity contribution in [1.82, 2.24) is 9.55 Å². The quantitative estimate of drug-likeness (QED) is 0.640. The summed E-state index contributed by atoms with van der Waals surface area (Å²) in [6.07, 6.45) is 3.18. The molecule has 0 aliphatic carbocycles. The first-order valence-electron chi connectivity index (χ1n) is 2.87. The van der Waals surface area contributed by atoms with E-state index in [4.69, 9.17) is 4.55 Å². The molecule has 1 N–H and O–H groups in total. The van der Waals surface area contributed by atoms with E-state index in [2.05, 4.69) is 4.98 Å². The van der Waals surface area contributed by atoms with Gasteiger partial charge in [0.1, 0.15) is 0 Å². The van der Waals surface area contributed by atoms with Gasteiger partial charge < -0.3 is 4.57 Å². The van der Waals surface area contributed by atoms with E-state index < -0.39 is 11.1 Å². The number of aromatic nitrogens is 2. The van der Waals surface area contributed by atoms with Gasteiger partial charge in [0.15, 0.2) is 0 Å². The van der Waals surface area contributed by atoms with E-state index in [1.165, 1.54) is 6.20 Å². The predicted octanol–water partition coefficient (Wildman–Crippen LogP) is 0.484. The lowest BCUT2D eigenvalue weighted by Crippen LogP contribution is -2.01. The number of rotatable bonds is 2. The Bertz CT molecular complexity index is 246. The Hall–Kier alpha value is -0.680. The van der Waals surface area contributed by atoms with Crippen LogP contribution in [0.4, 0.5) is 0 Å². The molecule has 0 aliphatic rings. The second kappa shape index (κ2) is 2.94. The van der Waals surface area contributed by atoms with Crippen molar-refractivity contribution in [1.29, 1.82) is 0 Å². The lowest BCUT2D eigenvalue weighted by molar-refractivity contribution is 0.540. The van der Waals surface area contributed by atoms with Crippen LogP contribution in [0.1, 0.15) is 6.92 Å². The first-order valence-corrected chi connectivity index (χ1v) is 3.98. The highest BCUT2D eigenvalue weighted by molar-refractivity contribution is 7.79. The molecule has 0 saturated carbocycles. The third-order valence-corrected chi connectivity index (χ3v) is 1.83. The molecule has 0 fully saturated rings. The molecule has 1 aromatic rings. The van der Waals surface area contributed by atoms with E-state index in [-0.39, 0.29) is 5.16 Å². The Morgan fingerprint density at radius 3 is 3.00 bits per heavy atom.